The van der Waals surface area contributed by atoms with Gasteiger partial charge in [-0.25, -0.2) is 0 Å². The number of hydrogen-bond donors (Lipinski definition) is 0. The van der Waals surface area contributed by atoms with Crippen molar-refractivity contribution in [2.75, 3.05) is 0 Å². The van der Waals surface area contributed by atoms with E-state index in [2.05, 4.69) is 31.9 Å². The van der Waals surface area contributed by atoms with E-state index in [0.29, 0.717) is 5.56 Å². The highest BCUT2D eigenvalue weighted by atomic mass is 79.9. The first-order valence-electron chi connectivity index (χ1n) is 2.56. The first-order valence-corrected chi connectivity index (χ1v) is 4.39. The van der Waals surface area contributed by atoms with Crippen LogP contribution >= 0.6 is 31.9 Å². The highest BCUT2D eigenvalue weighted by Gasteiger charge is 2.13. The lowest BCUT2D eigenvalue weighted by Crippen LogP contribution is -2.04. The SMILES string of the molecule is O=C(c1ccoc1)C(Br)Br. The number of hydrogen-bond acceptors (Lipinski definition) is 2. The maximum Gasteiger partial charge on any atom is 0.190 e. The number of halogens is 2. The normalized spacial score (nSPS) is 10.3. The summed E-state index contributed by atoms with van der Waals surface area (Å²) in [4.78, 5) is 11.1. The van der Waals surface area contributed by atoms with Crippen molar-refractivity contribution in [2.24, 2.45) is 0 Å². The van der Waals surface area contributed by atoms with E-state index < -0.39 is 0 Å². The minimum atomic E-state index is -0.322. The molecule has 0 unspecified atom stereocenters. The average Bonchev–Trinajstić information content (AvgIpc) is 2.36. The summed E-state index contributed by atoms with van der Waals surface area (Å²) in [5.74, 6) is -0.0336. The molecule has 0 bridgehead atoms. The fourth-order valence-corrected chi connectivity index (χ4v) is 1.06. The van der Waals surface area contributed by atoms with Crippen LogP contribution in [-0.4, -0.2) is 9.52 Å². The Balaban J connectivity index is 2.78. The van der Waals surface area contributed by atoms with Crippen LogP contribution in [-0.2, 0) is 0 Å². The third-order valence-corrected chi connectivity index (χ3v) is 1.84. The molecule has 0 N–H and O–H groups in total. The predicted octanol–water partition coefficient (Wildman–Crippen LogP) is 2.58. The first kappa shape index (κ1) is 8.01. The Bertz CT molecular complexity index is 216. The van der Waals surface area contributed by atoms with Crippen molar-refractivity contribution in [1.29, 1.82) is 0 Å². The van der Waals surface area contributed by atoms with Crippen LogP contribution in [0.3, 0.4) is 0 Å². The second-order valence-corrected chi connectivity index (χ2v) is 4.74. The molecule has 0 saturated carbocycles. The summed E-state index contributed by atoms with van der Waals surface area (Å²) >= 11 is 6.17. The van der Waals surface area contributed by atoms with Gasteiger partial charge in [-0.1, -0.05) is 31.9 Å². The van der Waals surface area contributed by atoms with Crippen LogP contribution in [0.5, 0.6) is 0 Å². The Hall–Kier alpha value is -0.0900. The van der Waals surface area contributed by atoms with Crippen molar-refractivity contribution in [3.05, 3.63) is 24.2 Å². The van der Waals surface area contributed by atoms with E-state index in [9.17, 15) is 4.79 Å². The zero-order valence-electron chi connectivity index (χ0n) is 4.88. The van der Waals surface area contributed by atoms with Crippen LogP contribution in [0, 0.1) is 0 Å². The molecule has 1 heterocycles. The average molecular weight is 268 g/mol. The van der Waals surface area contributed by atoms with Crippen LogP contribution in [0.2, 0.25) is 0 Å². The smallest absolute Gasteiger partial charge is 0.190 e. The number of alkyl halides is 2. The predicted molar refractivity (Wildman–Crippen MR) is 44.7 cm³/mol. The summed E-state index contributed by atoms with van der Waals surface area (Å²) in [6.45, 7) is 0. The number of Topliss-reactive ketones (excluding diaryl/α,β-unsaturated/α-hetero) is 1. The highest BCUT2D eigenvalue weighted by molar-refractivity contribution is 9.25. The fraction of sp³-hybridized carbons (Fsp3) is 0.167. The Morgan fingerprint density at radius 3 is 2.70 bits per heavy atom. The van der Waals surface area contributed by atoms with Crippen molar-refractivity contribution in [2.45, 2.75) is 3.74 Å². The van der Waals surface area contributed by atoms with Gasteiger partial charge in [-0.3, -0.25) is 4.79 Å². The second kappa shape index (κ2) is 3.34. The number of carbonyl (C=O) groups is 1. The first-order chi connectivity index (χ1) is 4.72. The number of ketones is 1. The molecule has 0 spiro atoms. The quantitative estimate of drug-likeness (QED) is 0.609. The van der Waals surface area contributed by atoms with Crippen LogP contribution in [0.1, 0.15) is 10.4 Å². The van der Waals surface area contributed by atoms with E-state index in [4.69, 9.17) is 4.42 Å². The molecule has 0 radical (unpaired) electrons. The van der Waals surface area contributed by atoms with Gasteiger partial charge in [0, 0.05) is 0 Å². The molecule has 1 aromatic rings. The fourth-order valence-electron chi connectivity index (χ4n) is 0.531. The molecule has 0 aliphatic rings. The van der Waals surface area contributed by atoms with Crippen molar-refractivity contribution in [3.63, 3.8) is 0 Å². The van der Waals surface area contributed by atoms with E-state index in [1.54, 1.807) is 6.07 Å². The summed E-state index contributed by atoms with van der Waals surface area (Å²) in [6, 6.07) is 1.62. The van der Waals surface area contributed by atoms with Gasteiger partial charge in [0.2, 0.25) is 0 Å². The monoisotopic (exact) mass is 266 g/mol. The second-order valence-electron chi connectivity index (χ2n) is 1.68. The maximum absolute atomic E-state index is 11.1. The number of rotatable bonds is 2. The maximum atomic E-state index is 11.1. The third-order valence-electron chi connectivity index (χ3n) is 1.00. The minimum Gasteiger partial charge on any atom is -0.472 e. The molecule has 0 aliphatic carbocycles. The lowest BCUT2D eigenvalue weighted by molar-refractivity contribution is 0.101. The molecule has 2 nitrogen and oxygen atoms in total. The van der Waals surface area contributed by atoms with E-state index in [0.717, 1.165) is 0 Å². The molecule has 1 rings (SSSR count). The van der Waals surface area contributed by atoms with Crippen LogP contribution < -0.4 is 0 Å². The summed E-state index contributed by atoms with van der Waals surface area (Å²) in [5, 5.41) is 0. The zero-order chi connectivity index (χ0) is 7.56. The largest absolute Gasteiger partial charge is 0.472 e. The van der Waals surface area contributed by atoms with E-state index in [-0.39, 0.29) is 9.52 Å². The van der Waals surface area contributed by atoms with E-state index >= 15 is 0 Å². The molecule has 0 atom stereocenters. The third kappa shape index (κ3) is 1.70. The van der Waals surface area contributed by atoms with Gasteiger partial charge in [0.15, 0.2) is 5.78 Å². The van der Waals surface area contributed by atoms with Crippen molar-refractivity contribution in [1.82, 2.24) is 0 Å². The molecule has 0 amide bonds. The molecular formula is C6H4Br2O2. The molecule has 0 aliphatic heterocycles. The van der Waals surface area contributed by atoms with Crippen molar-refractivity contribution < 1.29 is 9.21 Å². The summed E-state index contributed by atoms with van der Waals surface area (Å²) in [5.41, 5.74) is 0.568. The molecule has 54 valence electrons. The van der Waals surface area contributed by atoms with E-state index in [1.165, 1.54) is 12.5 Å². The van der Waals surface area contributed by atoms with Crippen molar-refractivity contribution in [3.8, 4) is 0 Å². The van der Waals surface area contributed by atoms with Crippen molar-refractivity contribution >= 4 is 37.6 Å². The van der Waals surface area contributed by atoms with Gasteiger partial charge < -0.3 is 4.42 Å². The van der Waals surface area contributed by atoms with Gasteiger partial charge >= 0.3 is 0 Å². The molecule has 0 fully saturated rings. The Labute approximate surface area is 74.9 Å². The Morgan fingerprint density at radius 2 is 2.30 bits per heavy atom. The van der Waals surface area contributed by atoms with Crippen LogP contribution in [0.15, 0.2) is 23.0 Å². The summed E-state index contributed by atoms with van der Waals surface area (Å²) in [6.07, 6.45) is 2.88. The number of furan rings is 1. The lowest BCUT2D eigenvalue weighted by atomic mass is 10.2. The highest BCUT2D eigenvalue weighted by Crippen LogP contribution is 2.15. The molecule has 1 aromatic heterocycles. The molecular weight excluding hydrogens is 264 g/mol. The zero-order valence-corrected chi connectivity index (χ0v) is 8.05. The summed E-state index contributed by atoms with van der Waals surface area (Å²) < 4.78 is 4.40. The molecule has 10 heavy (non-hydrogen) atoms. The Kier molecular flexibility index (Phi) is 2.68. The number of carbonyl (C=O) groups excluding carboxylic acids is 1. The van der Waals surface area contributed by atoms with Gasteiger partial charge in [0.1, 0.15) is 10.00 Å². The summed E-state index contributed by atoms with van der Waals surface area (Å²) in [7, 11) is 0. The van der Waals surface area contributed by atoms with Crippen LogP contribution in [0.4, 0.5) is 0 Å². The van der Waals surface area contributed by atoms with Gasteiger partial charge in [-0.05, 0) is 6.07 Å². The molecule has 4 heteroatoms. The van der Waals surface area contributed by atoms with Gasteiger partial charge in [0.25, 0.3) is 0 Å². The van der Waals surface area contributed by atoms with E-state index in [1.807, 2.05) is 0 Å². The topological polar surface area (TPSA) is 30.2 Å². The Morgan fingerprint density at radius 1 is 1.60 bits per heavy atom. The molecule has 0 aromatic carbocycles. The van der Waals surface area contributed by atoms with Gasteiger partial charge in [-0.2, -0.15) is 0 Å². The minimum absolute atomic E-state index is 0.0336. The van der Waals surface area contributed by atoms with Gasteiger partial charge in [-0.15, -0.1) is 0 Å². The molecule has 0 saturated heterocycles. The van der Waals surface area contributed by atoms with Gasteiger partial charge in [0.05, 0.1) is 11.8 Å². The standard InChI is InChI=1S/C6H4Br2O2/c7-6(8)5(9)4-1-2-10-3-4/h1-3,6H. The lowest BCUT2D eigenvalue weighted by Gasteiger charge is -1.94. The van der Waals surface area contributed by atoms with Crippen LogP contribution in [0.25, 0.3) is 0 Å².